The van der Waals surface area contributed by atoms with E-state index in [9.17, 15) is 0 Å². The number of aliphatic imine (C=N–C) groups is 1. The normalized spacial score (nSPS) is 13.5. The van der Waals surface area contributed by atoms with Crippen LogP contribution in [0.15, 0.2) is 29.5 Å². The van der Waals surface area contributed by atoms with E-state index in [0.29, 0.717) is 12.5 Å². The monoisotopic (exact) mass is 426 g/mol. The van der Waals surface area contributed by atoms with Crippen molar-refractivity contribution in [3.05, 3.63) is 41.5 Å². The predicted octanol–water partition coefficient (Wildman–Crippen LogP) is 2.37. The van der Waals surface area contributed by atoms with Gasteiger partial charge in [0.2, 0.25) is 0 Å². The minimum absolute atomic E-state index is 0. The molecule has 2 aromatic rings. The maximum Gasteiger partial charge on any atom is 0.193 e. The van der Waals surface area contributed by atoms with E-state index in [2.05, 4.69) is 45.6 Å². The summed E-state index contributed by atoms with van der Waals surface area (Å²) >= 11 is 0. The minimum Gasteiger partial charge on any atom is -0.370 e. The lowest BCUT2D eigenvalue weighted by Gasteiger charge is -2.08. The van der Waals surface area contributed by atoms with Gasteiger partial charge in [0.1, 0.15) is 12.2 Å². The molecule has 6 nitrogen and oxygen atoms in total. The molecule has 0 saturated carbocycles. The Bertz CT molecular complexity index is 679. The minimum atomic E-state index is 0. The highest BCUT2D eigenvalue weighted by Gasteiger charge is 2.10. The number of hydrogen-bond acceptors (Lipinski definition) is 3. The van der Waals surface area contributed by atoms with Gasteiger partial charge in [-0.1, -0.05) is 13.0 Å². The smallest absolute Gasteiger partial charge is 0.193 e. The SMILES string of the molecule is CCc1nncn1CCN=C(N)Nc1ccc2c(c1)CCC2.I. The molecule has 0 fully saturated rings. The summed E-state index contributed by atoms with van der Waals surface area (Å²) in [4.78, 5) is 4.37. The Balaban J connectivity index is 0.00000192. The Morgan fingerprint density at radius 3 is 3.00 bits per heavy atom. The molecule has 1 aliphatic carbocycles. The van der Waals surface area contributed by atoms with Crippen molar-refractivity contribution in [2.75, 3.05) is 11.9 Å². The fourth-order valence-corrected chi connectivity index (χ4v) is 2.85. The first-order valence-corrected chi connectivity index (χ1v) is 7.81. The predicted molar refractivity (Wildman–Crippen MR) is 103 cm³/mol. The lowest BCUT2D eigenvalue weighted by Crippen LogP contribution is -2.23. The number of halogens is 1. The number of anilines is 1. The first kappa shape index (κ1) is 17.7. The molecule has 0 bridgehead atoms. The van der Waals surface area contributed by atoms with Crippen molar-refractivity contribution < 1.29 is 0 Å². The van der Waals surface area contributed by atoms with Gasteiger partial charge in [0, 0.05) is 18.7 Å². The van der Waals surface area contributed by atoms with Crippen LogP contribution in [0.5, 0.6) is 0 Å². The van der Waals surface area contributed by atoms with Crippen LogP contribution in [0.4, 0.5) is 5.69 Å². The highest BCUT2D eigenvalue weighted by molar-refractivity contribution is 14.0. The number of aromatic nitrogens is 3. The zero-order chi connectivity index (χ0) is 15.4. The van der Waals surface area contributed by atoms with E-state index < -0.39 is 0 Å². The Kier molecular flexibility index (Phi) is 6.37. The van der Waals surface area contributed by atoms with Crippen LogP contribution in [0.1, 0.15) is 30.3 Å². The molecule has 0 atom stereocenters. The van der Waals surface area contributed by atoms with E-state index in [1.165, 1.54) is 24.0 Å². The van der Waals surface area contributed by atoms with Gasteiger partial charge in [-0.2, -0.15) is 0 Å². The molecule has 124 valence electrons. The topological polar surface area (TPSA) is 81.1 Å². The van der Waals surface area contributed by atoms with Crippen LogP contribution in [-0.4, -0.2) is 27.3 Å². The number of nitrogens with zero attached hydrogens (tertiary/aromatic N) is 4. The highest BCUT2D eigenvalue weighted by Crippen LogP contribution is 2.24. The number of hydrogen-bond donors (Lipinski definition) is 2. The number of guanidine groups is 1. The first-order valence-electron chi connectivity index (χ1n) is 7.81. The van der Waals surface area contributed by atoms with Crippen LogP contribution in [0.3, 0.4) is 0 Å². The lowest BCUT2D eigenvalue weighted by atomic mass is 10.1. The van der Waals surface area contributed by atoms with Gasteiger partial charge in [-0.25, -0.2) is 0 Å². The number of aryl methyl sites for hydroxylation is 3. The van der Waals surface area contributed by atoms with E-state index in [1.54, 1.807) is 6.33 Å². The first-order chi connectivity index (χ1) is 10.8. The molecule has 1 aromatic carbocycles. The van der Waals surface area contributed by atoms with E-state index in [1.807, 2.05) is 4.57 Å². The van der Waals surface area contributed by atoms with E-state index >= 15 is 0 Å². The van der Waals surface area contributed by atoms with Crippen molar-refractivity contribution in [2.45, 2.75) is 39.2 Å². The molecule has 0 saturated heterocycles. The van der Waals surface area contributed by atoms with Crippen LogP contribution in [-0.2, 0) is 25.8 Å². The molecular weight excluding hydrogens is 403 g/mol. The molecule has 7 heteroatoms. The summed E-state index contributed by atoms with van der Waals surface area (Å²) in [6.07, 6.45) is 6.21. The summed E-state index contributed by atoms with van der Waals surface area (Å²) in [5.41, 5.74) is 9.86. The maximum absolute atomic E-state index is 5.96. The van der Waals surface area contributed by atoms with Gasteiger partial charge in [-0.3, -0.25) is 4.99 Å². The Hall–Kier alpha value is -1.64. The highest BCUT2D eigenvalue weighted by atomic mass is 127. The second-order valence-electron chi connectivity index (χ2n) is 5.52. The summed E-state index contributed by atoms with van der Waals surface area (Å²) in [6, 6.07) is 6.43. The van der Waals surface area contributed by atoms with Gasteiger partial charge in [0.05, 0.1) is 6.54 Å². The third-order valence-electron chi connectivity index (χ3n) is 4.01. The molecule has 1 aromatic heterocycles. The van der Waals surface area contributed by atoms with Crippen molar-refractivity contribution in [1.82, 2.24) is 14.8 Å². The summed E-state index contributed by atoms with van der Waals surface area (Å²) in [5, 5.41) is 11.1. The fraction of sp³-hybridized carbons (Fsp3) is 0.438. The number of nitrogens with two attached hydrogens (primary N) is 1. The number of benzene rings is 1. The Labute approximate surface area is 153 Å². The van der Waals surface area contributed by atoms with Crippen LogP contribution in [0.2, 0.25) is 0 Å². The molecular formula is C16H23IN6. The average molecular weight is 426 g/mol. The van der Waals surface area contributed by atoms with Gasteiger partial charge in [0.15, 0.2) is 5.96 Å². The number of rotatable bonds is 5. The third-order valence-corrected chi connectivity index (χ3v) is 4.01. The summed E-state index contributed by atoms with van der Waals surface area (Å²) in [6.45, 7) is 3.41. The zero-order valence-electron chi connectivity index (χ0n) is 13.3. The number of fused-ring (bicyclic) bond motifs is 1. The standard InChI is InChI=1S/C16H22N6.HI/c1-2-15-21-19-11-22(15)9-8-18-16(17)20-14-7-6-12-4-3-5-13(12)10-14;/h6-7,10-11H,2-5,8-9H2,1H3,(H3,17,18,20);1H. The van der Waals surface area contributed by atoms with Gasteiger partial charge >= 0.3 is 0 Å². The van der Waals surface area contributed by atoms with Gasteiger partial charge in [-0.05, 0) is 42.5 Å². The molecule has 0 aliphatic heterocycles. The van der Waals surface area contributed by atoms with Crippen molar-refractivity contribution in [3.63, 3.8) is 0 Å². The summed E-state index contributed by atoms with van der Waals surface area (Å²) < 4.78 is 2.01. The van der Waals surface area contributed by atoms with Crippen molar-refractivity contribution in [3.8, 4) is 0 Å². The van der Waals surface area contributed by atoms with Gasteiger partial charge in [-0.15, -0.1) is 34.2 Å². The third kappa shape index (κ3) is 4.43. The van der Waals surface area contributed by atoms with Crippen molar-refractivity contribution in [2.24, 2.45) is 10.7 Å². The Morgan fingerprint density at radius 2 is 2.17 bits per heavy atom. The largest absolute Gasteiger partial charge is 0.370 e. The Morgan fingerprint density at radius 1 is 1.35 bits per heavy atom. The molecule has 0 amide bonds. The maximum atomic E-state index is 5.96. The van der Waals surface area contributed by atoms with E-state index in [4.69, 9.17) is 5.73 Å². The quantitative estimate of drug-likeness (QED) is 0.437. The van der Waals surface area contributed by atoms with E-state index in [0.717, 1.165) is 30.9 Å². The second kappa shape index (κ2) is 8.28. The molecule has 3 rings (SSSR count). The van der Waals surface area contributed by atoms with Crippen molar-refractivity contribution >= 4 is 35.6 Å². The van der Waals surface area contributed by atoms with E-state index in [-0.39, 0.29) is 24.0 Å². The summed E-state index contributed by atoms with van der Waals surface area (Å²) in [5.74, 6) is 1.42. The molecule has 1 aliphatic rings. The van der Waals surface area contributed by atoms with Crippen LogP contribution in [0.25, 0.3) is 0 Å². The second-order valence-corrected chi connectivity index (χ2v) is 5.52. The molecule has 0 radical (unpaired) electrons. The van der Waals surface area contributed by atoms with Crippen LogP contribution < -0.4 is 11.1 Å². The summed E-state index contributed by atoms with van der Waals surface area (Å²) in [7, 11) is 0. The molecule has 23 heavy (non-hydrogen) atoms. The van der Waals surface area contributed by atoms with Crippen LogP contribution in [0, 0.1) is 0 Å². The van der Waals surface area contributed by atoms with Crippen molar-refractivity contribution in [1.29, 1.82) is 0 Å². The molecule has 1 heterocycles. The van der Waals surface area contributed by atoms with Crippen LogP contribution >= 0.6 is 24.0 Å². The molecule has 0 unspecified atom stereocenters. The molecule has 3 N–H and O–H groups in total. The average Bonchev–Trinajstić information content (AvgIpc) is 3.15. The lowest BCUT2D eigenvalue weighted by molar-refractivity contribution is 0.666. The molecule has 0 spiro atoms. The fourth-order valence-electron chi connectivity index (χ4n) is 2.85. The zero-order valence-corrected chi connectivity index (χ0v) is 15.7. The van der Waals surface area contributed by atoms with Gasteiger partial charge < -0.3 is 15.6 Å². The number of nitrogens with one attached hydrogen (secondary N) is 1. The van der Waals surface area contributed by atoms with Gasteiger partial charge in [0.25, 0.3) is 0 Å².